The summed E-state index contributed by atoms with van der Waals surface area (Å²) in [6, 6.07) is 8.05. The third-order valence-electron chi connectivity index (χ3n) is 2.21. The highest BCUT2D eigenvalue weighted by atomic mass is 32.2. The van der Waals surface area contributed by atoms with Crippen molar-refractivity contribution in [2.45, 2.75) is 26.8 Å². The molecule has 0 aliphatic rings. The minimum atomic E-state index is -3.10. The average Bonchev–Trinajstić information content (AvgIpc) is 2.14. The van der Waals surface area contributed by atoms with Crippen molar-refractivity contribution in [1.29, 1.82) is 0 Å². The molecule has 0 heterocycles. The summed E-state index contributed by atoms with van der Waals surface area (Å²) in [5, 5.41) is 0. The van der Waals surface area contributed by atoms with Crippen LogP contribution in [0.2, 0.25) is 0 Å². The molecule has 1 aromatic carbocycles. The summed E-state index contributed by atoms with van der Waals surface area (Å²) in [4.78, 5) is 0. The first kappa shape index (κ1) is 13.2. The molecule has 90 valence electrons. The smallest absolute Gasteiger partial charge is 0.209 e. The maximum absolute atomic E-state index is 10.9. The first-order valence-electron chi connectivity index (χ1n) is 5.39. The zero-order valence-electron chi connectivity index (χ0n) is 10.0. The fourth-order valence-corrected chi connectivity index (χ4v) is 1.91. The van der Waals surface area contributed by atoms with Crippen molar-refractivity contribution in [1.82, 2.24) is 4.72 Å². The van der Waals surface area contributed by atoms with Crippen LogP contribution in [0.5, 0.6) is 0 Å². The van der Waals surface area contributed by atoms with Gasteiger partial charge in [0.15, 0.2) is 0 Å². The lowest BCUT2D eigenvalue weighted by Crippen LogP contribution is -2.21. The maximum atomic E-state index is 10.9. The molecule has 3 nitrogen and oxygen atoms in total. The zero-order chi connectivity index (χ0) is 12.2. The predicted octanol–water partition coefficient (Wildman–Crippen LogP) is 1.93. The molecule has 0 radical (unpaired) electrons. The highest BCUT2D eigenvalue weighted by Gasteiger charge is 2.01. The molecular formula is C12H19NO2S. The van der Waals surface area contributed by atoms with E-state index in [1.54, 1.807) is 0 Å². The van der Waals surface area contributed by atoms with Crippen LogP contribution in [0, 0.1) is 5.92 Å². The molecule has 0 spiro atoms. The van der Waals surface area contributed by atoms with Crippen LogP contribution < -0.4 is 4.72 Å². The van der Waals surface area contributed by atoms with Crippen LogP contribution in [0.1, 0.15) is 25.0 Å². The van der Waals surface area contributed by atoms with Gasteiger partial charge in [-0.15, -0.1) is 0 Å². The van der Waals surface area contributed by atoms with Crippen LogP contribution in [-0.2, 0) is 23.0 Å². The van der Waals surface area contributed by atoms with Crippen molar-refractivity contribution < 1.29 is 8.42 Å². The lowest BCUT2D eigenvalue weighted by atomic mass is 10.0. The second-order valence-electron chi connectivity index (χ2n) is 4.51. The molecule has 1 aromatic rings. The summed E-state index contributed by atoms with van der Waals surface area (Å²) in [6.07, 6.45) is 2.22. The second kappa shape index (κ2) is 5.46. The number of sulfonamides is 1. The van der Waals surface area contributed by atoms with E-state index in [0.29, 0.717) is 12.5 Å². The Morgan fingerprint density at radius 3 is 2.06 bits per heavy atom. The van der Waals surface area contributed by atoms with Crippen LogP contribution in [-0.4, -0.2) is 14.7 Å². The average molecular weight is 241 g/mol. The van der Waals surface area contributed by atoms with Gasteiger partial charge < -0.3 is 0 Å². The van der Waals surface area contributed by atoms with Gasteiger partial charge in [-0.1, -0.05) is 38.1 Å². The lowest BCUT2D eigenvalue weighted by molar-refractivity contribution is 0.587. The first-order valence-corrected chi connectivity index (χ1v) is 7.28. The Morgan fingerprint density at radius 2 is 1.62 bits per heavy atom. The van der Waals surface area contributed by atoms with Crippen LogP contribution in [0.15, 0.2) is 24.3 Å². The minimum Gasteiger partial charge on any atom is -0.213 e. The van der Waals surface area contributed by atoms with E-state index in [1.165, 1.54) is 11.8 Å². The summed E-state index contributed by atoms with van der Waals surface area (Å²) < 4.78 is 24.3. The Bertz CT molecular complexity index is 421. The Morgan fingerprint density at radius 1 is 1.12 bits per heavy atom. The Kier molecular flexibility index (Phi) is 4.50. The summed E-state index contributed by atoms with van der Waals surface area (Å²) in [5.74, 6) is 0.639. The topological polar surface area (TPSA) is 46.2 Å². The summed E-state index contributed by atoms with van der Waals surface area (Å²) in [5.41, 5.74) is 2.27. The Hall–Kier alpha value is -0.870. The Balaban J connectivity index is 2.58. The molecule has 0 saturated heterocycles. The Labute approximate surface area is 97.9 Å². The molecule has 0 fully saturated rings. The molecule has 0 atom stereocenters. The fourth-order valence-electron chi connectivity index (χ4n) is 1.48. The molecule has 0 aromatic heterocycles. The molecule has 1 rings (SSSR count). The van der Waals surface area contributed by atoms with Crippen molar-refractivity contribution in [2.24, 2.45) is 5.92 Å². The molecule has 1 N–H and O–H groups in total. The zero-order valence-corrected chi connectivity index (χ0v) is 10.8. The molecule has 0 saturated carbocycles. The quantitative estimate of drug-likeness (QED) is 0.856. The molecule has 0 aliphatic carbocycles. The number of hydrogen-bond acceptors (Lipinski definition) is 2. The van der Waals surface area contributed by atoms with Gasteiger partial charge in [0.05, 0.1) is 6.26 Å². The van der Waals surface area contributed by atoms with E-state index in [1.807, 2.05) is 12.1 Å². The van der Waals surface area contributed by atoms with Crippen LogP contribution in [0.4, 0.5) is 0 Å². The number of nitrogens with one attached hydrogen (secondary N) is 1. The van der Waals surface area contributed by atoms with E-state index < -0.39 is 10.0 Å². The predicted molar refractivity (Wildman–Crippen MR) is 66.7 cm³/mol. The van der Waals surface area contributed by atoms with Gasteiger partial charge in [-0.05, 0) is 23.5 Å². The first-order chi connectivity index (χ1) is 7.37. The monoisotopic (exact) mass is 241 g/mol. The van der Waals surface area contributed by atoms with Gasteiger partial charge in [0.2, 0.25) is 10.0 Å². The third kappa shape index (κ3) is 5.28. The SMILES string of the molecule is CC(C)Cc1ccc(CNS(C)(=O)=O)cc1. The minimum absolute atomic E-state index is 0.362. The molecule has 0 aliphatic heterocycles. The van der Waals surface area contributed by atoms with Gasteiger partial charge in [-0.25, -0.2) is 13.1 Å². The van der Waals surface area contributed by atoms with E-state index in [9.17, 15) is 8.42 Å². The van der Waals surface area contributed by atoms with Crippen LogP contribution in [0.3, 0.4) is 0 Å². The third-order valence-corrected chi connectivity index (χ3v) is 2.87. The van der Waals surface area contributed by atoms with Gasteiger partial charge in [-0.3, -0.25) is 0 Å². The number of benzene rings is 1. The number of rotatable bonds is 5. The van der Waals surface area contributed by atoms with Gasteiger partial charge >= 0.3 is 0 Å². The van der Waals surface area contributed by atoms with Gasteiger partial charge in [0.1, 0.15) is 0 Å². The van der Waals surface area contributed by atoms with Crippen molar-refractivity contribution in [2.75, 3.05) is 6.26 Å². The van der Waals surface area contributed by atoms with Crippen molar-refractivity contribution in [3.8, 4) is 0 Å². The van der Waals surface area contributed by atoms with E-state index in [0.717, 1.165) is 12.0 Å². The van der Waals surface area contributed by atoms with E-state index in [-0.39, 0.29) is 0 Å². The van der Waals surface area contributed by atoms with Crippen molar-refractivity contribution in [3.05, 3.63) is 35.4 Å². The van der Waals surface area contributed by atoms with E-state index in [4.69, 9.17) is 0 Å². The normalized spacial score (nSPS) is 12.0. The number of hydrogen-bond donors (Lipinski definition) is 1. The standard InChI is InChI=1S/C12H19NO2S/c1-10(2)8-11-4-6-12(7-5-11)9-13-16(3,14)15/h4-7,10,13H,8-9H2,1-3H3. The molecular weight excluding hydrogens is 222 g/mol. The summed E-state index contributed by atoms with van der Waals surface area (Å²) in [7, 11) is -3.10. The maximum Gasteiger partial charge on any atom is 0.209 e. The molecule has 0 unspecified atom stereocenters. The fraction of sp³-hybridized carbons (Fsp3) is 0.500. The molecule has 16 heavy (non-hydrogen) atoms. The van der Waals surface area contributed by atoms with Gasteiger partial charge in [0, 0.05) is 6.54 Å². The largest absolute Gasteiger partial charge is 0.213 e. The van der Waals surface area contributed by atoms with E-state index in [2.05, 4.69) is 30.7 Å². The van der Waals surface area contributed by atoms with Crippen LogP contribution >= 0.6 is 0 Å². The summed E-state index contributed by atoms with van der Waals surface area (Å²) in [6.45, 7) is 4.72. The van der Waals surface area contributed by atoms with Crippen molar-refractivity contribution >= 4 is 10.0 Å². The van der Waals surface area contributed by atoms with Gasteiger partial charge in [0.25, 0.3) is 0 Å². The highest BCUT2D eigenvalue weighted by Crippen LogP contribution is 2.09. The molecule has 0 amide bonds. The molecule has 0 bridgehead atoms. The second-order valence-corrected chi connectivity index (χ2v) is 6.34. The molecule has 4 heteroatoms. The lowest BCUT2D eigenvalue weighted by Gasteiger charge is -2.06. The van der Waals surface area contributed by atoms with E-state index >= 15 is 0 Å². The summed E-state index contributed by atoms with van der Waals surface area (Å²) >= 11 is 0. The van der Waals surface area contributed by atoms with Crippen molar-refractivity contribution in [3.63, 3.8) is 0 Å². The van der Waals surface area contributed by atoms with Gasteiger partial charge in [-0.2, -0.15) is 0 Å². The van der Waals surface area contributed by atoms with Crippen LogP contribution in [0.25, 0.3) is 0 Å². The highest BCUT2D eigenvalue weighted by molar-refractivity contribution is 7.88.